The normalized spacial score (nSPS) is 16.7. The minimum Gasteiger partial charge on any atom is -0.490 e. The van der Waals surface area contributed by atoms with Gasteiger partial charge in [0.25, 0.3) is 5.91 Å². The molecule has 1 aromatic rings. The predicted octanol–water partition coefficient (Wildman–Crippen LogP) is 2.10. The third-order valence-electron chi connectivity index (χ3n) is 3.43. The van der Waals surface area contributed by atoms with Crippen LogP contribution < -0.4 is 15.5 Å². The molecule has 2 rings (SSSR count). The molecule has 0 unspecified atom stereocenters. The van der Waals surface area contributed by atoms with Gasteiger partial charge in [-0.15, -0.1) is 0 Å². The smallest absolute Gasteiger partial charge is 0.287 e. The van der Waals surface area contributed by atoms with Crippen LogP contribution in [0.5, 0.6) is 5.75 Å². The molecule has 1 aliphatic rings. The molecule has 1 heterocycles. The maximum Gasteiger partial charge on any atom is 0.287 e. The van der Waals surface area contributed by atoms with Gasteiger partial charge in [-0.25, -0.2) is 0 Å². The van der Waals surface area contributed by atoms with Crippen LogP contribution in [0.25, 0.3) is 0 Å². The zero-order chi connectivity index (χ0) is 13.7. The topological polar surface area (TPSA) is 68.5 Å². The molecule has 0 saturated heterocycles. The first kappa shape index (κ1) is 13.6. The summed E-state index contributed by atoms with van der Waals surface area (Å²) in [5, 5.41) is 2.93. The monoisotopic (exact) mass is 265 g/mol. The van der Waals surface area contributed by atoms with Gasteiger partial charge in [0.05, 0.1) is 7.11 Å². The third-order valence-corrected chi connectivity index (χ3v) is 3.43. The van der Waals surface area contributed by atoms with E-state index in [1.165, 1.54) is 32.3 Å². The molecule has 5 nitrogen and oxygen atoms in total. The SMILES string of the molecule is COc1coc(C(=O)NC2CCCCCC2)cc1=O. The van der Waals surface area contributed by atoms with Crippen molar-refractivity contribution < 1.29 is 13.9 Å². The molecule has 1 N–H and O–H groups in total. The van der Waals surface area contributed by atoms with Crippen molar-refractivity contribution in [2.45, 2.75) is 44.6 Å². The number of hydrogen-bond acceptors (Lipinski definition) is 4. The first-order valence-electron chi connectivity index (χ1n) is 6.68. The fraction of sp³-hybridized carbons (Fsp3) is 0.571. The summed E-state index contributed by atoms with van der Waals surface area (Å²) in [7, 11) is 1.39. The Hall–Kier alpha value is -1.78. The van der Waals surface area contributed by atoms with Crippen LogP contribution in [0.2, 0.25) is 0 Å². The van der Waals surface area contributed by atoms with E-state index in [9.17, 15) is 9.59 Å². The fourth-order valence-electron chi connectivity index (χ4n) is 2.35. The standard InChI is InChI=1S/C14H19NO4/c1-18-13-9-19-12(8-11(13)16)14(17)15-10-6-4-2-3-5-7-10/h8-10H,2-7H2,1H3,(H,15,17). The zero-order valence-corrected chi connectivity index (χ0v) is 11.1. The Labute approximate surface area is 112 Å². The highest BCUT2D eigenvalue weighted by atomic mass is 16.5. The van der Waals surface area contributed by atoms with E-state index < -0.39 is 0 Å². The summed E-state index contributed by atoms with van der Waals surface area (Å²) in [6.45, 7) is 0. The molecule has 0 aliphatic heterocycles. The van der Waals surface area contributed by atoms with Gasteiger partial charge >= 0.3 is 0 Å². The summed E-state index contributed by atoms with van der Waals surface area (Å²) in [4.78, 5) is 23.6. The molecule has 1 saturated carbocycles. The van der Waals surface area contributed by atoms with E-state index in [1.807, 2.05) is 0 Å². The van der Waals surface area contributed by atoms with Crippen molar-refractivity contribution in [3.63, 3.8) is 0 Å². The van der Waals surface area contributed by atoms with E-state index >= 15 is 0 Å². The van der Waals surface area contributed by atoms with Crippen LogP contribution in [-0.4, -0.2) is 19.1 Å². The lowest BCUT2D eigenvalue weighted by Crippen LogP contribution is -2.34. The molecule has 5 heteroatoms. The van der Waals surface area contributed by atoms with Gasteiger partial charge in [0, 0.05) is 12.1 Å². The van der Waals surface area contributed by atoms with Crippen LogP contribution in [0.15, 0.2) is 21.5 Å². The van der Waals surface area contributed by atoms with Gasteiger partial charge in [-0.1, -0.05) is 25.7 Å². The van der Waals surface area contributed by atoms with E-state index in [0.29, 0.717) is 0 Å². The molecular weight excluding hydrogens is 246 g/mol. The molecule has 0 spiro atoms. The molecule has 1 fully saturated rings. The average molecular weight is 265 g/mol. The summed E-state index contributed by atoms with van der Waals surface area (Å²) >= 11 is 0. The van der Waals surface area contributed by atoms with E-state index in [1.54, 1.807) is 0 Å². The predicted molar refractivity (Wildman–Crippen MR) is 70.5 cm³/mol. The minimum atomic E-state index is -0.347. The minimum absolute atomic E-state index is 0.0371. The molecular formula is C14H19NO4. The lowest BCUT2D eigenvalue weighted by molar-refractivity contribution is 0.0902. The second-order valence-electron chi connectivity index (χ2n) is 4.84. The molecule has 0 aromatic carbocycles. The highest BCUT2D eigenvalue weighted by Crippen LogP contribution is 2.17. The molecule has 1 aromatic heterocycles. The second-order valence-corrected chi connectivity index (χ2v) is 4.84. The van der Waals surface area contributed by atoms with Crippen LogP contribution in [0.1, 0.15) is 49.1 Å². The van der Waals surface area contributed by atoms with Crippen molar-refractivity contribution in [3.8, 4) is 5.75 Å². The highest BCUT2D eigenvalue weighted by Gasteiger charge is 2.18. The van der Waals surface area contributed by atoms with Crippen LogP contribution >= 0.6 is 0 Å². The molecule has 104 valence electrons. The number of methoxy groups -OCH3 is 1. The summed E-state index contributed by atoms with van der Waals surface area (Å²) in [5.41, 5.74) is -0.347. The Kier molecular flexibility index (Phi) is 4.60. The van der Waals surface area contributed by atoms with Gasteiger partial charge in [0.15, 0.2) is 5.76 Å². The zero-order valence-electron chi connectivity index (χ0n) is 11.1. The first-order chi connectivity index (χ1) is 9.20. The number of nitrogens with one attached hydrogen (secondary N) is 1. The number of ether oxygens (including phenoxy) is 1. The van der Waals surface area contributed by atoms with Gasteiger partial charge in [0.2, 0.25) is 11.2 Å². The highest BCUT2D eigenvalue weighted by molar-refractivity contribution is 5.91. The number of rotatable bonds is 3. The maximum absolute atomic E-state index is 12.0. The van der Waals surface area contributed by atoms with Crippen molar-refractivity contribution in [3.05, 3.63) is 28.3 Å². The number of carbonyl (C=O) groups is 1. The van der Waals surface area contributed by atoms with Crippen molar-refractivity contribution >= 4 is 5.91 Å². The van der Waals surface area contributed by atoms with Crippen molar-refractivity contribution in [1.82, 2.24) is 5.32 Å². The molecule has 0 bridgehead atoms. The lowest BCUT2D eigenvalue weighted by atomic mass is 10.1. The van der Waals surface area contributed by atoms with Gasteiger partial charge in [-0.05, 0) is 12.8 Å². The van der Waals surface area contributed by atoms with E-state index in [4.69, 9.17) is 9.15 Å². The molecule has 0 radical (unpaired) electrons. The number of carbonyl (C=O) groups excluding carboxylic acids is 1. The summed E-state index contributed by atoms with van der Waals surface area (Å²) < 4.78 is 9.94. The van der Waals surface area contributed by atoms with Gasteiger partial charge in [-0.2, -0.15) is 0 Å². The Morgan fingerprint density at radius 3 is 2.58 bits per heavy atom. The van der Waals surface area contributed by atoms with Crippen LogP contribution in [0.4, 0.5) is 0 Å². The van der Waals surface area contributed by atoms with Crippen LogP contribution in [0, 0.1) is 0 Å². The van der Waals surface area contributed by atoms with E-state index in [0.717, 1.165) is 25.7 Å². The second kappa shape index (κ2) is 6.41. The first-order valence-corrected chi connectivity index (χ1v) is 6.68. The molecule has 19 heavy (non-hydrogen) atoms. The van der Waals surface area contributed by atoms with Crippen molar-refractivity contribution in [1.29, 1.82) is 0 Å². The van der Waals surface area contributed by atoms with Crippen LogP contribution in [-0.2, 0) is 0 Å². The quantitative estimate of drug-likeness (QED) is 0.850. The Morgan fingerprint density at radius 1 is 1.32 bits per heavy atom. The van der Waals surface area contributed by atoms with Gasteiger partial charge < -0.3 is 14.5 Å². The fourth-order valence-corrected chi connectivity index (χ4v) is 2.35. The van der Waals surface area contributed by atoms with E-state index in [2.05, 4.69) is 5.32 Å². The number of amides is 1. The maximum atomic E-state index is 12.0. The Balaban J connectivity index is 2.02. The number of hydrogen-bond donors (Lipinski definition) is 1. The molecule has 1 aliphatic carbocycles. The van der Waals surface area contributed by atoms with Crippen LogP contribution in [0.3, 0.4) is 0 Å². The Bertz CT molecular complexity index is 486. The summed E-state index contributed by atoms with van der Waals surface area (Å²) in [5.74, 6) is -0.187. The van der Waals surface area contributed by atoms with Crippen molar-refractivity contribution in [2.24, 2.45) is 0 Å². The summed E-state index contributed by atoms with van der Waals surface area (Å²) in [6.07, 6.45) is 7.88. The summed E-state index contributed by atoms with van der Waals surface area (Å²) in [6, 6.07) is 1.35. The largest absolute Gasteiger partial charge is 0.490 e. The third kappa shape index (κ3) is 3.59. The lowest BCUT2D eigenvalue weighted by Gasteiger charge is -2.15. The van der Waals surface area contributed by atoms with Crippen molar-refractivity contribution in [2.75, 3.05) is 7.11 Å². The van der Waals surface area contributed by atoms with E-state index in [-0.39, 0.29) is 28.9 Å². The average Bonchev–Trinajstić information content (AvgIpc) is 2.67. The Morgan fingerprint density at radius 2 is 2.00 bits per heavy atom. The van der Waals surface area contributed by atoms with Gasteiger partial charge in [-0.3, -0.25) is 9.59 Å². The van der Waals surface area contributed by atoms with Gasteiger partial charge in [0.1, 0.15) is 6.26 Å². The molecule has 0 atom stereocenters. The molecule has 1 amide bonds.